The van der Waals surface area contributed by atoms with Crippen LogP contribution in [0.25, 0.3) is 0 Å². The fraction of sp³-hybridized carbons (Fsp3) is 0.455. The SMILES string of the molecule is CCc1cc(Br)cc(C(N)CO)c1OC. The number of hydrogen-bond acceptors (Lipinski definition) is 3. The summed E-state index contributed by atoms with van der Waals surface area (Å²) in [5.41, 5.74) is 7.74. The molecule has 1 atom stereocenters. The zero-order valence-electron chi connectivity index (χ0n) is 8.96. The van der Waals surface area contributed by atoms with Gasteiger partial charge in [-0.2, -0.15) is 0 Å². The molecule has 0 aromatic heterocycles. The van der Waals surface area contributed by atoms with Crippen LogP contribution < -0.4 is 10.5 Å². The topological polar surface area (TPSA) is 55.5 Å². The summed E-state index contributed by atoms with van der Waals surface area (Å²) >= 11 is 3.42. The van der Waals surface area contributed by atoms with Crippen molar-refractivity contribution in [2.45, 2.75) is 19.4 Å². The molecular formula is C11H16BrNO2. The van der Waals surface area contributed by atoms with Gasteiger partial charge in [-0.25, -0.2) is 0 Å². The summed E-state index contributed by atoms with van der Waals surface area (Å²) in [6.45, 7) is 1.97. The van der Waals surface area contributed by atoms with E-state index in [4.69, 9.17) is 15.6 Å². The van der Waals surface area contributed by atoms with Crippen molar-refractivity contribution < 1.29 is 9.84 Å². The van der Waals surface area contributed by atoms with Gasteiger partial charge in [-0.05, 0) is 24.1 Å². The van der Waals surface area contributed by atoms with Gasteiger partial charge in [0.2, 0.25) is 0 Å². The highest BCUT2D eigenvalue weighted by atomic mass is 79.9. The number of benzene rings is 1. The van der Waals surface area contributed by atoms with Crippen molar-refractivity contribution in [2.24, 2.45) is 5.73 Å². The van der Waals surface area contributed by atoms with Gasteiger partial charge in [0.25, 0.3) is 0 Å². The average molecular weight is 274 g/mol. The molecule has 0 amide bonds. The molecule has 0 fully saturated rings. The number of hydrogen-bond donors (Lipinski definition) is 2. The number of aliphatic hydroxyl groups excluding tert-OH is 1. The van der Waals surface area contributed by atoms with E-state index in [1.54, 1.807) is 7.11 Å². The van der Waals surface area contributed by atoms with Gasteiger partial charge in [-0.1, -0.05) is 22.9 Å². The largest absolute Gasteiger partial charge is 0.496 e. The minimum atomic E-state index is -0.400. The number of methoxy groups -OCH3 is 1. The number of aryl methyl sites for hydroxylation is 1. The third kappa shape index (κ3) is 2.71. The van der Waals surface area contributed by atoms with Crippen molar-refractivity contribution in [1.29, 1.82) is 0 Å². The molecule has 0 heterocycles. The molecule has 3 N–H and O–H groups in total. The monoisotopic (exact) mass is 273 g/mol. The molecule has 15 heavy (non-hydrogen) atoms. The van der Waals surface area contributed by atoms with Gasteiger partial charge in [-0.15, -0.1) is 0 Å². The smallest absolute Gasteiger partial charge is 0.126 e. The highest BCUT2D eigenvalue weighted by molar-refractivity contribution is 9.10. The van der Waals surface area contributed by atoms with Gasteiger partial charge < -0.3 is 15.6 Å². The highest BCUT2D eigenvalue weighted by Crippen LogP contribution is 2.32. The summed E-state index contributed by atoms with van der Waals surface area (Å²) in [6, 6.07) is 3.49. The Morgan fingerprint density at radius 1 is 1.53 bits per heavy atom. The second-order valence-corrected chi connectivity index (χ2v) is 4.25. The van der Waals surface area contributed by atoms with Gasteiger partial charge in [-0.3, -0.25) is 0 Å². The number of rotatable bonds is 4. The first kappa shape index (κ1) is 12.5. The zero-order chi connectivity index (χ0) is 11.4. The van der Waals surface area contributed by atoms with Crippen LogP contribution in [0.3, 0.4) is 0 Å². The lowest BCUT2D eigenvalue weighted by Gasteiger charge is -2.17. The van der Waals surface area contributed by atoms with E-state index < -0.39 is 6.04 Å². The first-order valence-corrected chi connectivity index (χ1v) is 5.66. The van der Waals surface area contributed by atoms with Gasteiger partial charge in [0.15, 0.2) is 0 Å². The Morgan fingerprint density at radius 2 is 2.20 bits per heavy atom. The van der Waals surface area contributed by atoms with Crippen LogP contribution in [0, 0.1) is 0 Å². The Labute approximate surface area is 98.4 Å². The van der Waals surface area contributed by atoms with E-state index in [1.807, 2.05) is 12.1 Å². The maximum atomic E-state index is 9.07. The molecule has 1 unspecified atom stereocenters. The van der Waals surface area contributed by atoms with Crippen LogP contribution in [-0.2, 0) is 6.42 Å². The van der Waals surface area contributed by atoms with Crippen molar-refractivity contribution >= 4 is 15.9 Å². The summed E-state index contributed by atoms with van der Waals surface area (Å²) in [5.74, 6) is 0.780. The number of nitrogens with two attached hydrogens (primary N) is 1. The normalized spacial score (nSPS) is 12.6. The first-order chi connectivity index (χ1) is 7.13. The lowest BCUT2D eigenvalue weighted by molar-refractivity contribution is 0.264. The molecule has 0 bridgehead atoms. The second-order valence-electron chi connectivity index (χ2n) is 3.33. The van der Waals surface area contributed by atoms with Crippen LogP contribution in [0.5, 0.6) is 5.75 Å². The van der Waals surface area contributed by atoms with E-state index in [0.717, 1.165) is 27.8 Å². The molecule has 0 aliphatic rings. The molecule has 3 nitrogen and oxygen atoms in total. The minimum absolute atomic E-state index is 0.0873. The van der Waals surface area contributed by atoms with Crippen LogP contribution in [0.1, 0.15) is 24.1 Å². The number of halogens is 1. The predicted molar refractivity (Wildman–Crippen MR) is 64.1 cm³/mol. The van der Waals surface area contributed by atoms with Crippen LogP contribution in [0.2, 0.25) is 0 Å². The summed E-state index contributed by atoms with van der Waals surface area (Å²) < 4.78 is 6.29. The average Bonchev–Trinajstić information content (AvgIpc) is 2.26. The van der Waals surface area contributed by atoms with Crippen molar-refractivity contribution in [3.05, 3.63) is 27.7 Å². The van der Waals surface area contributed by atoms with Gasteiger partial charge in [0.05, 0.1) is 19.8 Å². The Kier molecular flexibility index (Phi) is 4.57. The predicted octanol–water partition coefficient (Wildman–Crippen LogP) is 2.01. The Morgan fingerprint density at radius 3 is 2.67 bits per heavy atom. The van der Waals surface area contributed by atoms with E-state index in [1.165, 1.54) is 0 Å². The molecule has 1 aromatic rings. The summed E-state index contributed by atoms with van der Waals surface area (Å²) in [7, 11) is 1.62. The fourth-order valence-corrected chi connectivity index (χ4v) is 2.08. The fourth-order valence-electron chi connectivity index (χ4n) is 1.56. The molecule has 0 aliphatic heterocycles. The van der Waals surface area contributed by atoms with E-state index in [2.05, 4.69) is 22.9 Å². The number of ether oxygens (including phenoxy) is 1. The Bertz CT molecular complexity index is 342. The maximum Gasteiger partial charge on any atom is 0.126 e. The first-order valence-electron chi connectivity index (χ1n) is 4.86. The van der Waals surface area contributed by atoms with Gasteiger partial charge >= 0.3 is 0 Å². The van der Waals surface area contributed by atoms with Crippen LogP contribution in [0.15, 0.2) is 16.6 Å². The highest BCUT2D eigenvalue weighted by Gasteiger charge is 2.15. The third-order valence-corrected chi connectivity index (χ3v) is 2.80. The molecule has 84 valence electrons. The third-order valence-electron chi connectivity index (χ3n) is 2.34. The van der Waals surface area contributed by atoms with Crippen molar-refractivity contribution in [2.75, 3.05) is 13.7 Å². The van der Waals surface area contributed by atoms with Crippen molar-refractivity contribution in [1.82, 2.24) is 0 Å². The molecule has 0 saturated carbocycles. The maximum absolute atomic E-state index is 9.07. The van der Waals surface area contributed by atoms with Crippen LogP contribution in [0.4, 0.5) is 0 Å². The van der Waals surface area contributed by atoms with E-state index in [-0.39, 0.29) is 6.61 Å². The summed E-state index contributed by atoms with van der Waals surface area (Å²) in [5, 5.41) is 9.07. The van der Waals surface area contributed by atoms with Gasteiger partial charge in [0, 0.05) is 10.0 Å². The van der Waals surface area contributed by atoms with Crippen molar-refractivity contribution in [3.8, 4) is 5.75 Å². The Balaban J connectivity index is 3.28. The quantitative estimate of drug-likeness (QED) is 0.883. The molecule has 1 aromatic carbocycles. The molecule has 1 rings (SSSR count). The molecule has 0 radical (unpaired) electrons. The molecule has 0 saturated heterocycles. The van der Waals surface area contributed by atoms with Gasteiger partial charge in [0.1, 0.15) is 5.75 Å². The molecular weight excluding hydrogens is 258 g/mol. The van der Waals surface area contributed by atoms with Crippen molar-refractivity contribution in [3.63, 3.8) is 0 Å². The van der Waals surface area contributed by atoms with Crippen LogP contribution in [-0.4, -0.2) is 18.8 Å². The van der Waals surface area contributed by atoms with Crippen LogP contribution >= 0.6 is 15.9 Å². The van der Waals surface area contributed by atoms with E-state index in [9.17, 15) is 0 Å². The molecule has 0 spiro atoms. The molecule has 4 heteroatoms. The minimum Gasteiger partial charge on any atom is -0.496 e. The Hall–Kier alpha value is -0.580. The summed E-state index contributed by atoms with van der Waals surface area (Å²) in [6.07, 6.45) is 0.869. The standard InChI is InChI=1S/C11H16BrNO2/c1-3-7-4-8(12)5-9(10(13)6-14)11(7)15-2/h4-5,10,14H,3,6,13H2,1-2H3. The number of aliphatic hydroxyl groups is 1. The zero-order valence-corrected chi connectivity index (χ0v) is 10.5. The van der Waals surface area contributed by atoms with E-state index in [0.29, 0.717) is 0 Å². The van der Waals surface area contributed by atoms with E-state index >= 15 is 0 Å². The molecule has 0 aliphatic carbocycles. The summed E-state index contributed by atoms with van der Waals surface area (Å²) in [4.78, 5) is 0. The lowest BCUT2D eigenvalue weighted by atomic mass is 10.0. The lowest BCUT2D eigenvalue weighted by Crippen LogP contribution is -2.16. The second kappa shape index (κ2) is 5.49.